The smallest absolute Gasteiger partial charge is 0.497 e. The van der Waals surface area contributed by atoms with Crippen molar-refractivity contribution in [3.05, 3.63) is 77.2 Å². The van der Waals surface area contributed by atoms with Crippen LogP contribution in [0.1, 0.15) is 11.1 Å². The van der Waals surface area contributed by atoms with E-state index in [0.29, 0.717) is 21.8 Å². The Balaban J connectivity index is 1.59. The monoisotopic (exact) mass is 602 g/mol. The van der Waals surface area contributed by atoms with E-state index in [-0.39, 0.29) is 6.42 Å². The first-order valence-electron chi connectivity index (χ1n) is 11.4. The number of hydrogen-bond acceptors (Lipinski definition) is 9. The summed E-state index contributed by atoms with van der Waals surface area (Å²) < 4.78 is 89.7. The molecule has 2 aromatic carbocycles. The van der Waals surface area contributed by atoms with Crippen molar-refractivity contribution in [1.82, 2.24) is 10.2 Å². The normalized spacial score (nSPS) is 20.8. The maximum absolute atomic E-state index is 13.0. The molecule has 0 unspecified atom stereocenters. The van der Waals surface area contributed by atoms with Crippen LogP contribution in [0.2, 0.25) is 0 Å². The number of ether oxygens (including phenoxy) is 2. The summed E-state index contributed by atoms with van der Waals surface area (Å²) in [5.41, 5.74) is -5.78. The summed E-state index contributed by atoms with van der Waals surface area (Å²) in [6.45, 7) is -0.418. The number of hydrogen-bond donors (Lipinski definition) is 1. The van der Waals surface area contributed by atoms with Crippen LogP contribution in [0.4, 0.5) is 13.2 Å². The number of nitrogens with one attached hydrogen (secondary N) is 1. The minimum absolute atomic E-state index is 0.130. The lowest BCUT2D eigenvalue weighted by molar-refractivity contribution is -0.154. The Labute approximate surface area is 228 Å². The van der Waals surface area contributed by atoms with Gasteiger partial charge in [-0.05, 0) is 23.3 Å². The molecule has 0 radical (unpaired) electrons. The third-order valence-electron chi connectivity index (χ3n) is 5.83. The lowest BCUT2D eigenvalue weighted by Gasteiger charge is -2.48. The molecule has 0 aliphatic carbocycles. The van der Waals surface area contributed by atoms with Crippen molar-refractivity contribution in [2.24, 2.45) is 0 Å². The molecule has 16 heteroatoms. The third-order valence-corrected chi connectivity index (χ3v) is 8.39. The number of rotatable bonds is 9. The van der Waals surface area contributed by atoms with E-state index in [9.17, 15) is 40.2 Å². The number of carbonyl (C=O) groups is 3. The number of esters is 1. The zero-order valence-corrected chi connectivity index (χ0v) is 22.2. The largest absolute Gasteiger partial charge is 0.534 e. The molecule has 214 valence electrons. The van der Waals surface area contributed by atoms with Crippen molar-refractivity contribution in [2.45, 2.75) is 30.0 Å². The molecule has 0 spiro atoms. The Hall–Kier alpha value is -3.92. The van der Waals surface area contributed by atoms with Gasteiger partial charge < -0.3 is 19.0 Å². The fourth-order valence-electron chi connectivity index (χ4n) is 3.92. The van der Waals surface area contributed by atoms with Crippen LogP contribution >= 0.6 is 0 Å². The topological polar surface area (TPSA) is 145 Å². The molecule has 2 aliphatic heterocycles. The molecule has 2 aromatic rings. The molecule has 3 atom stereocenters. The van der Waals surface area contributed by atoms with Crippen molar-refractivity contribution in [1.29, 1.82) is 0 Å². The average molecular weight is 603 g/mol. The Bertz CT molecular complexity index is 1480. The second-order valence-corrected chi connectivity index (χ2v) is 11.6. The second-order valence-electron chi connectivity index (χ2n) is 8.51. The molecule has 0 saturated carbocycles. The molecule has 1 saturated heterocycles. The lowest BCUT2D eigenvalue weighted by atomic mass is 10.0. The summed E-state index contributed by atoms with van der Waals surface area (Å²) in [6, 6.07) is 13.2. The van der Waals surface area contributed by atoms with Crippen LogP contribution in [0, 0.1) is 0 Å². The molecule has 11 nitrogen and oxygen atoms in total. The van der Waals surface area contributed by atoms with Gasteiger partial charge in [-0.15, -0.1) is 0 Å². The number of benzene rings is 2. The minimum atomic E-state index is -6.29. The number of methoxy groups -OCH3 is 1. The molecule has 0 bridgehead atoms. The standard InChI is InChI=1S/C24H21F3N2O9S2/c1-36-16-9-7-15(8-10-16)12-37-23(32)20-17(38-40(34,35)24(25,26)27)13-39(33)22-19(21(31)29(20)22)28-18(30)11-14-5-3-2-4-6-14/h2-10,19,22H,11-13H2,1H3,(H,28,30)/t19-,22-,39-/m1/s1. The van der Waals surface area contributed by atoms with Gasteiger partial charge in [0.2, 0.25) is 5.91 Å². The van der Waals surface area contributed by atoms with Gasteiger partial charge in [0.05, 0.1) is 30.1 Å². The van der Waals surface area contributed by atoms with E-state index in [1.165, 1.54) is 19.2 Å². The second kappa shape index (κ2) is 11.3. The van der Waals surface area contributed by atoms with E-state index in [2.05, 4.69) is 9.50 Å². The Kier molecular flexibility index (Phi) is 8.20. The molecule has 4 rings (SSSR count). The first-order valence-corrected chi connectivity index (χ1v) is 14.2. The van der Waals surface area contributed by atoms with E-state index in [4.69, 9.17) is 9.47 Å². The molecule has 1 N–H and O–H groups in total. The highest BCUT2D eigenvalue weighted by Crippen LogP contribution is 2.38. The Morgan fingerprint density at radius 3 is 2.33 bits per heavy atom. The van der Waals surface area contributed by atoms with Crippen LogP contribution in [0.25, 0.3) is 0 Å². The molecule has 2 heterocycles. The average Bonchev–Trinajstić information content (AvgIpc) is 2.90. The van der Waals surface area contributed by atoms with Crippen LogP contribution in [-0.2, 0) is 57.2 Å². The van der Waals surface area contributed by atoms with E-state index in [1.807, 2.05) is 0 Å². The van der Waals surface area contributed by atoms with E-state index in [0.717, 1.165) is 0 Å². The predicted molar refractivity (Wildman–Crippen MR) is 132 cm³/mol. The van der Waals surface area contributed by atoms with Gasteiger partial charge in [0.1, 0.15) is 23.8 Å². The fourth-order valence-corrected chi connectivity index (χ4v) is 6.05. The SMILES string of the molecule is COc1ccc(COC(=O)C2=C(OS(=O)(=O)C(F)(F)F)C[S@@](=O)[C@@H]3[C@H](NC(=O)Cc4ccccc4)C(=O)N23)cc1. The molecule has 2 aliphatic rings. The molecule has 1 fully saturated rings. The van der Waals surface area contributed by atoms with Gasteiger partial charge in [-0.3, -0.25) is 18.7 Å². The molecule has 40 heavy (non-hydrogen) atoms. The van der Waals surface area contributed by atoms with Crippen molar-refractivity contribution < 1.29 is 53.8 Å². The van der Waals surface area contributed by atoms with Crippen molar-refractivity contribution in [3.63, 3.8) is 0 Å². The summed E-state index contributed by atoms with van der Waals surface area (Å²) in [4.78, 5) is 39.0. The van der Waals surface area contributed by atoms with Gasteiger partial charge in [0.15, 0.2) is 11.5 Å². The van der Waals surface area contributed by atoms with Gasteiger partial charge >= 0.3 is 21.6 Å². The van der Waals surface area contributed by atoms with Crippen LogP contribution in [0.5, 0.6) is 5.75 Å². The van der Waals surface area contributed by atoms with E-state index in [1.54, 1.807) is 42.5 Å². The first-order chi connectivity index (χ1) is 18.8. The quantitative estimate of drug-likeness (QED) is 0.195. The summed E-state index contributed by atoms with van der Waals surface area (Å²) in [5, 5.41) is 1.03. The maximum atomic E-state index is 13.0. The number of carbonyl (C=O) groups excluding carboxylic acids is 3. The predicted octanol–water partition coefficient (Wildman–Crippen LogP) is 1.47. The molecular formula is C24H21F3N2O9S2. The molecular weight excluding hydrogens is 581 g/mol. The number of nitrogens with zero attached hydrogens (tertiary/aromatic N) is 1. The van der Waals surface area contributed by atoms with Crippen molar-refractivity contribution in [2.75, 3.05) is 12.9 Å². The van der Waals surface area contributed by atoms with Crippen molar-refractivity contribution in [3.8, 4) is 5.75 Å². The Morgan fingerprint density at radius 2 is 1.73 bits per heavy atom. The minimum Gasteiger partial charge on any atom is -0.497 e. The number of halogens is 3. The maximum Gasteiger partial charge on any atom is 0.534 e. The van der Waals surface area contributed by atoms with Crippen LogP contribution in [0.3, 0.4) is 0 Å². The van der Waals surface area contributed by atoms with Gasteiger partial charge in [0, 0.05) is 0 Å². The van der Waals surface area contributed by atoms with Gasteiger partial charge in [-0.2, -0.15) is 21.6 Å². The number of β-lactam (4-membered cyclic amide) rings is 1. The summed E-state index contributed by atoms with van der Waals surface area (Å²) >= 11 is 0. The lowest BCUT2D eigenvalue weighted by Crippen LogP contribution is -2.73. The summed E-state index contributed by atoms with van der Waals surface area (Å²) in [5.74, 6) is -4.67. The van der Waals surface area contributed by atoms with Gasteiger partial charge in [0.25, 0.3) is 5.91 Å². The Morgan fingerprint density at radius 1 is 1.07 bits per heavy atom. The van der Waals surface area contributed by atoms with Gasteiger partial charge in [-0.1, -0.05) is 42.5 Å². The summed E-state index contributed by atoms with van der Waals surface area (Å²) in [6.07, 6.45) is -0.130. The van der Waals surface area contributed by atoms with E-state index >= 15 is 0 Å². The van der Waals surface area contributed by atoms with Crippen LogP contribution < -0.4 is 10.1 Å². The molecule has 2 amide bonds. The fraction of sp³-hybridized carbons (Fsp3) is 0.292. The van der Waals surface area contributed by atoms with Crippen LogP contribution in [0.15, 0.2) is 66.1 Å². The number of fused-ring (bicyclic) bond motifs is 1. The van der Waals surface area contributed by atoms with E-state index < -0.39 is 79.4 Å². The highest BCUT2D eigenvalue weighted by Gasteiger charge is 2.59. The van der Waals surface area contributed by atoms with Crippen molar-refractivity contribution >= 4 is 38.7 Å². The van der Waals surface area contributed by atoms with Gasteiger partial charge in [-0.25, -0.2) is 4.79 Å². The zero-order valence-electron chi connectivity index (χ0n) is 20.5. The highest BCUT2D eigenvalue weighted by atomic mass is 32.2. The number of alkyl halides is 3. The van der Waals surface area contributed by atoms with Crippen LogP contribution in [-0.4, -0.2) is 65.1 Å². The highest BCUT2D eigenvalue weighted by molar-refractivity contribution is 7.88. The molecule has 0 aromatic heterocycles. The third kappa shape index (κ3) is 5.96. The summed E-state index contributed by atoms with van der Waals surface area (Å²) in [7, 11) is -7.11. The number of amides is 2. The first kappa shape index (κ1) is 29.1. The zero-order chi connectivity index (χ0) is 29.2.